The van der Waals surface area contributed by atoms with E-state index in [1.54, 1.807) is 37.4 Å². The molecule has 19 heavy (non-hydrogen) atoms. The third-order valence-corrected chi connectivity index (χ3v) is 3.29. The van der Waals surface area contributed by atoms with Crippen LogP contribution < -0.4 is 4.74 Å². The molecular weight excluding hydrogens is 265 g/mol. The van der Waals surface area contributed by atoms with E-state index in [4.69, 9.17) is 16.3 Å². The lowest BCUT2D eigenvalue weighted by Crippen LogP contribution is -1.96. The number of ether oxygens (including phenoxy) is 1. The molecule has 0 aliphatic carbocycles. The summed E-state index contributed by atoms with van der Waals surface area (Å²) >= 11 is 5.98. The maximum atomic E-state index is 14.1. The van der Waals surface area contributed by atoms with Crippen molar-refractivity contribution in [3.8, 4) is 11.4 Å². The van der Waals surface area contributed by atoms with E-state index in [1.165, 1.54) is 10.6 Å². The van der Waals surface area contributed by atoms with Crippen LogP contribution in [0.15, 0.2) is 48.5 Å². The molecule has 0 N–H and O–H groups in total. The Morgan fingerprint density at radius 3 is 2.47 bits per heavy atom. The topological polar surface area (TPSA) is 14.2 Å². The molecule has 96 valence electrons. The second-order valence-corrected chi connectivity index (χ2v) is 4.64. The first-order valence-electron chi connectivity index (χ1n) is 5.80. The molecule has 0 unspecified atom stereocenters. The molecule has 1 aromatic heterocycles. The first kappa shape index (κ1) is 12.1. The summed E-state index contributed by atoms with van der Waals surface area (Å²) in [6.07, 6.45) is 0. The Balaban J connectivity index is 2.22. The lowest BCUT2D eigenvalue weighted by molar-refractivity contribution is 0.414. The minimum absolute atomic E-state index is 0.317. The van der Waals surface area contributed by atoms with E-state index in [1.807, 2.05) is 12.1 Å². The molecule has 0 amide bonds. The third kappa shape index (κ3) is 2.06. The molecule has 0 aliphatic heterocycles. The van der Waals surface area contributed by atoms with Gasteiger partial charge in [0.15, 0.2) is 5.95 Å². The van der Waals surface area contributed by atoms with Crippen LogP contribution in [0.4, 0.5) is 4.39 Å². The quantitative estimate of drug-likeness (QED) is 0.675. The molecule has 0 atom stereocenters. The monoisotopic (exact) mass is 275 g/mol. The van der Waals surface area contributed by atoms with Crippen molar-refractivity contribution in [3.05, 3.63) is 59.5 Å². The minimum Gasteiger partial charge on any atom is -0.497 e. The Hall–Kier alpha value is -2.00. The summed E-state index contributed by atoms with van der Waals surface area (Å²) in [5.74, 6) is 0.418. The minimum atomic E-state index is -0.317. The number of methoxy groups -OCH3 is 1. The van der Waals surface area contributed by atoms with Gasteiger partial charge in [0.05, 0.1) is 12.6 Å². The number of hydrogen-bond donors (Lipinski definition) is 0. The van der Waals surface area contributed by atoms with Gasteiger partial charge in [-0.1, -0.05) is 17.7 Å². The van der Waals surface area contributed by atoms with Crippen LogP contribution in [0, 0.1) is 5.95 Å². The smallest absolute Gasteiger partial charge is 0.199 e. The molecule has 3 rings (SSSR count). The lowest BCUT2D eigenvalue weighted by atomic mass is 10.2. The summed E-state index contributed by atoms with van der Waals surface area (Å²) in [6.45, 7) is 0. The highest BCUT2D eigenvalue weighted by atomic mass is 35.5. The van der Waals surface area contributed by atoms with Crippen molar-refractivity contribution in [1.29, 1.82) is 0 Å². The summed E-state index contributed by atoms with van der Waals surface area (Å²) in [5.41, 5.74) is 1.48. The van der Waals surface area contributed by atoms with Crippen molar-refractivity contribution in [3.63, 3.8) is 0 Å². The van der Waals surface area contributed by atoms with Crippen LogP contribution in [0.25, 0.3) is 16.6 Å². The van der Waals surface area contributed by atoms with E-state index in [2.05, 4.69) is 0 Å². The van der Waals surface area contributed by atoms with Gasteiger partial charge in [-0.15, -0.1) is 0 Å². The number of aromatic nitrogens is 1. The predicted molar refractivity (Wildman–Crippen MR) is 74.8 cm³/mol. The largest absolute Gasteiger partial charge is 0.497 e. The van der Waals surface area contributed by atoms with Crippen LogP contribution >= 0.6 is 11.6 Å². The van der Waals surface area contributed by atoms with Crippen molar-refractivity contribution >= 4 is 22.5 Å². The first-order valence-corrected chi connectivity index (χ1v) is 6.18. The highest BCUT2D eigenvalue weighted by Crippen LogP contribution is 2.27. The Morgan fingerprint density at radius 2 is 1.79 bits per heavy atom. The molecular formula is C15H11ClFNO. The van der Waals surface area contributed by atoms with Crippen LogP contribution in [-0.4, -0.2) is 11.7 Å². The van der Waals surface area contributed by atoms with Gasteiger partial charge in [-0.3, -0.25) is 4.57 Å². The van der Waals surface area contributed by atoms with Gasteiger partial charge in [0.2, 0.25) is 0 Å². The number of rotatable bonds is 2. The van der Waals surface area contributed by atoms with Gasteiger partial charge in [-0.2, -0.15) is 4.39 Å². The van der Waals surface area contributed by atoms with Crippen molar-refractivity contribution in [2.24, 2.45) is 0 Å². The average Bonchev–Trinajstić information content (AvgIpc) is 2.74. The molecule has 1 heterocycles. The van der Waals surface area contributed by atoms with Crippen molar-refractivity contribution < 1.29 is 9.13 Å². The molecule has 2 aromatic carbocycles. The van der Waals surface area contributed by atoms with Crippen LogP contribution in [-0.2, 0) is 0 Å². The van der Waals surface area contributed by atoms with E-state index in [-0.39, 0.29) is 5.95 Å². The lowest BCUT2D eigenvalue weighted by Gasteiger charge is -2.07. The van der Waals surface area contributed by atoms with Gasteiger partial charge in [-0.25, -0.2) is 0 Å². The normalized spacial score (nSPS) is 10.9. The van der Waals surface area contributed by atoms with Crippen molar-refractivity contribution in [2.45, 2.75) is 0 Å². The first-order chi connectivity index (χ1) is 9.19. The van der Waals surface area contributed by atoms with Crippen LogP contribution in [0.1, 0.15) is 0 Å². The number of fused-ring (bicyclic) bond motifs is 1. The van der Waals surface area contributed by atoms with E-state index in [9.17, 15) is 4.39 Å². The molecule has 0 bridgehead atoms. The van der Waals surface area contributed by atoms with Gasteiger partial charge in [0, 0.05) is 22.2 Å². The van der Waals surface area contributed by atoms with Gasteiger partial charge >= 0.3 is 0 Å². The molecule has 0 aliphatic rings. The molecule has 4 heteroatoms. The summed E-state index contributed by atoms with van der Waals surface area (Å²) in [6, 6.07) is 14.0. The summed E-state index contributed by atoms with van der Waals surface area (Å²) in [4.78, 5) is 0. The zero-order valence-electron chi connectivity index (χ0n) is 10.2. The molecule has 0 saturated heterocycles. The number of benzene rings is 2. The second kappa shape index (κ2) is 4.59. The maximum absolute atomic E-state index is 14.1. The Kier molecular flexibility index (Phi) is 2.91. The SMILES string of the molecule is COc1ccc(-n2c(F)cc3ccc(Cl)cc32)cc1. The molecule has 0 radical (unpaired) electrons. The number of halogens is 2. The highest BCUT2D eigenvalue weighted by Gasteiger charge is 2.10. The van der Waals surface area contributed by atoms with Gasteiger partial charge in [0.1, 0.15) is 5.75 Å². The predicted octanol–water partition coefficient (Wildman–Crippen LogP) is 4.43. The fourth-order valence-corrected chi connectivity index (χ4v) is 2.30. The number of nitrogens with zero attached hydrogens (tertiary/aromatic N) is 1. The third-order valence-electron chi connectivity index (χ3n) is 3.05. The van der Waals surface area contributed by atoms with Gasteiger partial charge < -0.3 is 4.74 Å². The van der Waals surface area contributed by atoms with E-state index in [0.29, 0.717) is 5.02 Å². The van der Waals surface area contributed by atoms with Crippen LogP contribution in [0.2, 0.25) is 5.02 Å². The number of hydrogen-bond acceptors (Lipinski definition) is 1. The average molecular weight is 276 g/mol. The van der Waals surface area contributed by atoms with E-state index in [0.717, 1.165) is 22.3 Å². The van der Waals surface area contributed by atoms with Crippen LogP contribution in [0.5, 0.6) is 5.75 Å². The molecule has 3 aromatic rings. The Labute approximate surface area is 115 Å². The van der Waals surface area contributed by atoms with E-state index >= 15 is 0 Å². The van der Waals surface area contributed by atoms with Gasteiger partial charge in [0.25, 0.3) is 0 Å². The maximum Gasteiger partial charge on any atom is 0.199 e. The Morgan fingerprint density at radius 1 is 1.05 bits per heavy atom. The standard InChI is InChI=1S/C15H11ClFNO/c1-19-13-6-4-12(5-7-13)18-14-9-11(16)3-2-10(14)8-15(18)17/h2-9H,1H3. The van der Waals surface area contributed by atoms with Gasteiger partial charge in [-0.05, 0) is 36.4 Å². The molecule has 0 saturated carbocycles. The summed E-state index contributed by atoms with van der Waals surface area (Å²) in [5, 5.41) is 1.40. The van der Waals surface area contributed by atoms with Crippen molar-refractivity contribution in [1.82, 2.24) is 4.57 Å². The highest BCUT2D eigenvalue weighted by molar-refractivity contribution is 6.31. The van der Waals surface area contributed by atoms with E-state index < -0.39 is 0 Å². The Bertz CT molecular complexity index is 734. The zero-order chi connectivity index (χ0) is 13.4. The van der Waals surface area contributed by atoms with Crippen LogP contribution in [0.3, 0.4) is 0 Å². The molecule has 0 spiro atoms. The fraction of sp³-hybridized carbons (Fsp3) is 0.0667. The fourth-order valence-electron chi connectivity index (χ4n) is 2.13. The van der Waals surface area contributed by atoms with Crippen molar-refractivity contribution in [2.75, 3.05) is 7.11 Å². The summed E-state index contributed by atoms with van der Waals surface area (Å²) < 4.78 is 20.7. The zero-order valence-corrected chi connectivity index (χ0v) is 11.0. The molecule has 2 nitrogen and oxygen atoms in total. The second-order valence-electron chi connectivity index (χ2n) is 4.20. The summed E-state index contributed by atoms with van der Waals surface area (Å²) in [7, 11) is 1.60. The molecule has 0 fully saturated rings.